The van der Waals surface area contributed by atoms with Gasteiger partial charge >= 0.3 is 0 Å². The molecule has 2 N–H and O–H groups in total. The Bertz CT molecular complexity index is 822. The highest BCUT2D eigenvalue weighted by molar-refractivity contribution is 7.12. The summed E-state index contributed by atoms with van der Waals surface area (Å²) in [5.41, 5.74) is 7.11. The Kier molecular flexibility index (Phi) is 4.20. The van der Waals surface area contributed by atoms with Gasteiger partial charge in [0.25, 0.3) is 11.8 Å². The summed E-state index contributed by atoms with van der Waals surface area (Å²) < 4.78 is 1.78. The van der Waals surface area contributed by atoms with Gasteiger partial charge in [-0.1, -0.05) is 6.07 Å². The number of carbonyl (C=O) groups is 2. The van der Waals surface area contributed by atoms with Crippen LogP contribution < -0.4 is 10.9 Å². The average Bonchev–Trinajstić information content (AvgIpc) is 3.24. The van der Waals surface area contributed by atoms with Crippen LogP contribution in [0.4, 0.5) is 0 Å². The van der Waals surface area contributed by atoms with Crippen LogP contribution in [0.25, 0.3) is 5.69 Å². The van der Waals surface area contributed by atoms with Gasteiger partial charge in [-0.2, -0.15) is 5.10 Å². The molecule has 3 rings (SSSR count). The number of carbonyl (C=O) groups excluding carboxylic acids is 2. The number of amides is 2. The van der Waals surface area contributed by atoms with Crippen molar-refractivity contribution in [3.05, 3.63) is 70.2 Å². The van der Waals surface area contributed by atoms with E-state index in [0.717, 1.165) is 11.4 Å². The highest BCUT2D eigenvalue weighted by Crippen LogP contribution is 2.11. The Morgan fingerprint density at radius 2 is 1.78 bits per heavy atom. The lowest BCUT2D eigenvalue weighted by Gasteiger charge is -2.08. The van der Waals surface area contributed by atoms with Crippen LogP contribution in [-0.2, 0) is 0 Å². The third-order valence-electron chi connectivity index (χ3n) is 3.24. The Morgan fingerprint density at radius 1 is 1.04 bits per heavy atom. The molecule has 0 atom stereocenters. The van der Waals surface area contributed by atoms with Gasteiger partial charge in [-0.15, -0.1) is 11.3 Å². The van der Waals surface area contributed by atoms with Gasteiger partial charge in [-0.05, 0) is 48.7 Å². The van der Waals surface area contributed by atoms with Crippen LogP contribution in [0.1, 0.15) is 25.7 Å². The van der Waals surface area contributed by atoms with E-state index in [1.165, 1.54) is 11.3 Å². The molecule has 2 amide bonds. The van der Waals surface area contributed by atoms with Crippen molar-refractivity contribution in [2.75, 3.05) is 0 Å². The van der Waals surface area contributed by atoms with Crippen LogP contribution in [0.5, 0.6) is 0 Å². The number of nitrogens with zero attached hydrogens (tertiary/aromatic N) is 2. The zero-order valence-electron chi connectivity index (χ0n) is 12.3. The van der Waals surface area contributed by atoms with Gasteiger partial charge in [0.2, 0.25) is 0 Å². The van der Waals surface area contributed by atoms with Crippen molar-refractivity contribution in [2.24, 2.45) is 0 Å². The van der Waals surface area contributed by atoms with Crippen LogP contribution in [-0.4, -0.2) is 21.6 Å². The molecule has 23 heavy (non-hydrogen) atoms. The van der Waals surface area contributed by atoms with E-state index in [2.05, 4.69) is 16.0 Å². The molecule has 116 valence electrons. The van der Waals surface area contributed by atoms with Gasteiger partial charge in [0.1, 0.15) is 0 Å². The zero-order chi connectivity index (χ0) is 16.2. The minimum atomic E-state index is -0.376. The fraction of sp³-hybridized carbons (Fsp3) is 0.0625. The van der Waals surface area contributed by atoms with E-state index in [1.54, 1.807) is 52.7 Å². The summed E-state index contributed by atoms with van der Waals surface area (Å²) in [4.78, 5) is 24.3. The molecule has 2 aromatic heterocycles. The van der Waals surface area contributed by atoms with E-state index in [0.29, 0.717) is 10.4 Å². The maximum atomic E-state index is 12.0. The van der Waals surface area contributed by atoms with Crippen LogP contribution in [0.2, 0.25) is 0 Å². The number of nitrogens with one attached hydrogen (secondary N) is 2. The van der Waals surface area contributed by atoms with Crippen molar-refractivity contribution < 1.29 is 9.59 Å². The number of thiophene rings is 1. The largest absolute Gasteiger partial charge is 0.279 e. The molecule has 7 heteroatoms. The maximum Gasteiger partial charge on any atom is 0.279 e. The molecule has 0 bridgehead atoms. The Labute approximate surface area is 136 Å². The second-order valence-electron chi connectivity index (χ2n) is 4.82. The minimum Gasteiger partial charge on any atom is -0.267 e. The number of aromatic nitrogens is 2. The summed E-state index contributed by atoms with van der Waals surface area (Å²) in [5, 5.41) is 6.01. The van der Waals surface area contributed by atoms with Crippen LogP contribution in [0.15, 0.2) is 54.0 Å². The van der Waals surface area contributed by atoms with Crippen molar-refractivity contribution in [3.8, 4) is 5.69 Å². The second kappa shape index (κ2) is 6.45. The first-order valence-corrected chi connectivity index (χ1v) is 7.78. The molecule has 0 aliphatic rings. The second-order valence-corrected chi connectivity index (χ2v) is 5.76. The van der Waals surface area contributed by atoms with Gasteiger partial charge in [0, 0.05) is 17.5 Å². The number of rotatable bonds is 3. The molecule has 0 spiro atoms. The standard InChI is InChI=1S/C16H14N4O2S/c1-11-8-9-17-20(11)13-6-4-12(5-7-13)15(21)18-19-16(22)14-3-2-10-23-14/h2-10H,1H3,(H,18,21)(H,19,22). The molecule has 6 nitrogen and oxygen atoms in total. The SMILES string of the molecule is Cc1ccnn1-c1ccc(C(=O)NNC(=O)c2cccs2)cc1. The monoisotopic (exact) mass is 326 g/mol. The first kappa shape index (κ1) is 15.0. The van der Waals surface area contributed by atoms with Gasteiger partial charge in [0.15, 0.2) is 0 Å². The Hall–Kier alpha value is -2.93. The molecule has 0 saturated carbocycles. The van der Waals surface area contributed by atoms with Crippen molar-refractivity contribution in [1.29, 1.82) is 0 Å². The lowest BCUT2D eigenvalue weighted by molar-refractivity contribution is 0.0849. The summed E-state index contributed by atoms with van der Waals surface area (Å²) in [6.07, 6.45) is 1.72. The van der Waals surface area contributed by atoms with Gasteiger partial charge in [-0.25, -0.2) is 4.68 Å². The average molecular weight is 326 g/mol. The predicted octanol–water partition coefficient (Wildman–Crippen LogP) is 2.32. The number of benzene rings is 1. The quantitative estimate of drug-likeness (QED) is 0.725. The van der Waals surface area contributed by atoms with Gasteiger partial charge in [0.05, 0.1) is 10.6 Å². The van der Waals surface area contributed by atoms with Crippen molar-refractivity contribution >= 4 is 23.2 Å². The molecular formula is C16H14N4O2S. The first-order valence-electron chi connectivity index (χ1n) is 6.90. The zero-order valence-corrected chi connectivity index (χ0v) is 13.1. The van der Waals surface area contributed by atoms with E-state index >= 15 is 0 Å². The predicted molar refractivity (Wildman–Crippen MR) is 87.6 cm³/mol. The molecular weight excluding hydrogens is 312 g/mol. The minimum absolute atomic E-state index is 0.336. The summed E-state index contributed by atoms with van der Waals surface area (Å²) in [5.74, 6) is -0.712. The molecule has 3 aromatic rings. The molecule has 0 radical (unpaired) electrons. The third kappa shape index (κ3) is 3.29. The normalized spacial score (nSPS) is 10.3. The number of hydrazine groups is 1. The number of hydrogen-bond donors (Lipinski definition) is 2. The van der Waals surface area contributed by atoms with E-state index in [9.17, 15) is 9.59 Å². The summed E-state index contributed by atoms with van der Waals surface area (Å²) in [7, 11) is 0. The molecule has 0 aliphatic carbocycles. The summed E-state index contributed by atoms with van der Waals surface area (Å²) in [6.45, 7) is 1.95. The summed E-state index contributed by atoms with van der Waals surface area (Å²) in [6, 6.07) is 12.3. The van der Waals surface area contributed by atoms with E-state index in [-0.39, 0.29) is 11.8 Å². The van der Waals surface area contributed by atoms with E-state index in [4.69, 9.17) is 0 Å². The Morgan fingerprint density at radius 3 is 2.39 bits per heavy atom. The van der Waals surface area contributed by atoms with E-state index in [1.807, 2.05) is 13.0 Å². The number of hydrogen-bond acceptors (Lipinski definition) is 4. The van der Waals surface area contributed by atoms with Crippen molar-refractivity contribution in [2.45, 2.75) is 6.92 Å². The highest BCUT2D eigenvalue weighted by Gasteiger charge is 2.10. The highest BCUT2D eigenvalue weighted by atomic mass is 32.1. The molecule has 0 fully saturated rings. The third-order valence-corrected chi connectivity index (χ3v) is 4.11. The fourth-order valence-corrected chi connectivity index (χ4v) is 2.67. The first-order chi connectivity index (χ1) is 11.1. The smallest absolute Gasteiger partial charge is 0.267 e. The van der Waals surface area contributed by atoms with Crippen molar-refractivity contribution in [3.63, 3.8) is 0 Å². The Balaban J connectivity index is 1.64. The van der Waals surface area contributed by atoms with Crippen LogP contribution >= 0.6 is 11.3 Å². The molecule has 1 aromatic carbocycles. The molecule has 0 saturated heterocycles. The summed E-state index contributed by atoms with van der Waals surface area (Å²) >= 11 is 1.31. The number of aryl methyl sites for hydroxylation is 1. The van der Waals surface area contributed by atoms with Gasteiger partial charge < -0.3 is 0 Å². The van der Waals surface area contributed by atoms with Crippen LogP contribution in [0.3, 0.4) is 0 Å². The van der Waals surface area contributed by atoms with E-state index < -0.39 is 0 Å². The van der Waals surface area contributed by atoms with Crippen molar-refractivity contribution in [1.82, 2.24) is 20.6 Å². The molecule has 0 aliphatic heterocycles. The lowest BCUT2D eigenvalue weighted by atomic mass is 10.2. The van der Waals surface area contributed by atoms with Crippen LogP contribution in [0, 0.1) is 6.92 Å². The molecule has 0 unspecified atom stereocenters. The lowest BCUT2D eigenvalue weighted by Crippen LogP contribution is -2.41. The fourth-order valence-electron chi connectivity index (χ4n) is 2.05. The topological polar surface area (TPSA) is 76.0 Å². The maximum absolute atomic E-state index is 12.0. The van der Waals surface area contributed by atoms with Gasteiger partial charge in [-0.3, -0.25) is 20.4 Å². The molecule has 2 heterocycles.